The van der Waals surface area contributed by atoms with Crippen molar-refractivity contribution in [3.63, 3.8) is 0 Å². The van der Waals surface area contributed by atoms with Crippen molar-refractivity contribution in [2.24, 2.45) is 26.2 Å². The molecule has 1 fully saturated rings. The quantitative estimate of drug-likeness (QED) is 0.106. The first-order chi connectivity index (χ1) is 24.8. The number of aliphatic imine (C=N–C) groups is 2. The van der Waals surface area contributed by atoms with Crippen LogP contribution in [-0.2, 0) is 0 Å². The highest BCUT2D eigenvalue weighted by molar-refractivity contribution is 7.47. The molecule has 0 aliphatic heterocycles. The lowest BCUT2D eigenvalue weighted by Gasteiger charge is -2.50. The van der Waals surface area contributed by atoms with Crippen LogP contribution in [0, 0.1) is 16.2 Å². The van der Waals surface area contributed by atoms with Crippen LogP contribution in [0.4, 0.5) is 11.4 Å². The summed E-state index contributed by atoms with van der Waals surface area (Å²) < 4.78 is 0. The van der Waals surface area contributed by atoms with Gasteiger partial charge in [-0.15, -0.1) is 0 Å². The van der Waals surface area contributed by atoms with E-state index in [0.29, 0.717) is 8.58 Å². The fraction of sp³-hybridized carbons (Fsp3) is 0.222. The molecule has 1 aliphatic carbocycles. The van der Waals surface area contributed by atoms with Crippen molar-refractivity contribution in [2.75, 3.05) is 6.16 Å². The summed E-state index contributed by atoms with van der Waals surface area (Å²) in [6, 6.07) is 43.6. The molecular weight excluding hydrogens is 642 g/mol. The average Bonchev–Trinajstić information content (AvgIpc) is 3.17. The number of rotatable bonds is 10. The molecule has 0 N–H and O–H groups in total. The van der Waals surface area contributed by atoms with Gasteiger partial charge in [-0.1, -0.05) is 126 Å². The molecular formula is C45H44N5P. The molecule has 6 aromatic rings. The molecule has 0 radical (unpaired) electrons. The Labute approximate surface area is 303 Å². The van der Waals surface area contributed by atoms with Crippen LogP contribution in [0.25, 0.3) is 33.8 Å². The minimum absolute atomic E-state index is 0.0706. The molecule has 3 unspecified atom stereocenters. The number of hydrogen-bond acceptors (Lipinski definition) is 5. The Kier molecular flexibility index (Phi) is 10.1. The van der Waals surface area contributed by atoms with Crippen molar-refractivity contribution < 1.29 is 0 Å². The van der Waals surface area contributed by atoms with Crippen LogP contribution >= 0.6 is 8.58 Å². The number of aromatic nitrogens is 3. The van der Waals surface area contributed by atoms with Gasteiger partial charge in [-0.25, -0.2) is 0 Å². The fourth-order valence-electron chi connectivity index (χ4n) is 7.91. The normalized spacial score (nSPS) is 22.3. The molecule has 3 heterocycles. The molecule has 7 rings (SSSR count). The molecule has 254 valence electrons. The summed E-state index contributed by atoms with van der Waals surface area (Å²) in [5.74, 6) is 0. The molecule has 0 bridgehead atoms. The molecule has 1 aliphatic rings. The number of benzene rings is 3. The van der Waals surface area contributed by atoms with Gasteiger partial charge in [-0.2, -0.15) is 0 Å². The Morgan fingerprint density at radius 3 is 1.29 bits per heavy atom. The first-order valence-corrected chi connectivity index (χ1v) is 18.9. The van der Waals surface area contributed by atoms with Gasteiger partial charge in [0.15, 0.2) is 0 Å². The van der Waals surface area contributed by atoms with Gasteiger partial charge in [0.25, 0.3) is 0 Å². The third kappa shape index (κ3) is 8.79. The number of nitrogens with zero attached hydrogens (tertiary/aromatic N) is 5. The van der Waals surface area contributed by atoms with E-state index in [1.54, 1.807) is 0 Å². The summed E-state index contributed by atoms with van der Waals surface area (Å²) in [7, 11) is 0.660. The highest BCUT2D eigenvalue weighted by atomic mass is 31.1. The second-order valence-electron chi connectivity index (χ2n) is 14.9. The minimum Gasteiger partial charge on any atom is -0.259 e. The predicted octanol–water partition coefficient (Wildman–Crippen LogP) is 11.2. The first kappa shape index (κ1) is 34.3. The maximum atomic E-state index is 5.03. The van der Waals surface area contributed by atoms with Crippen molar-refractivity contribution in [2.45, 2.75) is 40.0 Å². The van der Waals surface area contributed by atoms with Crippen LogP contribution in [0.1, 0.15) is 40.0 Å². The number of pyridine rings is 3. The van der Waals surface area contributed by atoms with E-state index in [1.165, 1.54) is 5.30 Å². The van der Waals surface area contributed by atoms with Crippen molar-refractivity contribution in [3.8, 4) is 33.8 Å². The van der Waals surface area contributed by atoms with E-state index in [0.717, 1.165) is 70.6 Å². The van der Waals surface area contributed by atoms with Gasteiger partial charge in [0.2, 0.25) is 0 Å². The predicted molar refractivity (Wildman–Crippen MR) is 216 cm³/mol. The van der Waals surface area contributed by atoms with E-state index in [4.69, 9.17) is 24.9 Å². The minimum atomic E-state index is -0.138. The van der Waals surface area contributed by atoms with Crippen molar-refractivity contribution >= 4 is 37.7 Å². The second kappa shape index (κ2) is 15.0. The molecule has 6 heteroatoms. The summed E-state index contributed by atoms with van der Waals surface area (Å²) in [4.78, 5) is 24.3. The number of hydrogen-bond donors (Lipinski definition) is 0. The molecule has 3 atom stereocenters. The van der Waals surface area contributed by atoms with E-state index >= 15 is 0 Å². The van der Waals surface area contributed by atoms with Crippen LogP contribution in [-0.4, -0.2) is 33.5 Å². The van der Waals surface area contributed by atoms with Crippen molar-refractivity contribution in [1.82, 2.24) is 15.0 Å². The van der Waals surface area contributed by atoms with E-state index in [2.05, 4.69) is 124 Å². The average molecular weight is 686 g/mol. The fourth-order valence-corrected chi connectivity index (χ4v) is 9.14. The van der Waals surface area contributed by atoms with Crippen LogP contribution < -0.4 is 5.30 Å². The van der Waals surface area contributed by atoms with Crippen LogP contribution in [0.2, 0.25) is 0 Å². The lowest BCUT2D eigenvalue weighted by atomic mass is 9.55. The summed E-state index contributed by atoms with van der Waals surface area (Å²) in [6.45, 7) is 7.18. The van der Waals surface area contributed by atoms with E-state index in [1.807, 2.05) is 54.9 Å². The third-order valence-electron chi connectivity index (χ3n) is 9.71. The van der Waals surface area contributed by atoms with E-state index in [-0.39, 0.29) is 16.2 Å². The molecule has 3 aromatic heterocycles. The molecule has 3 aromatic carbocycles. The van der Waals surface area contributed by atoms with Gasteiger partial charge in [-0.3, -0.25) is 24.9 Å². The lowest BCUT2D eigenvalue weighted by Crippen LogP contribution is -2.45. The van der Waals surface area contributed by atoms with E-state index < -0.39 is 0 Å². The molecule has 0 saturated heterocycles. The van der Waals surface area contributed by atoms with Crippen molar-refractivity contribution in [3.05, 3.63) is 146 Å². The first-order valence-electron chi connectivity index (χ1n) is 17.6. The largest absolute Gasteiger partial charge is 0.259 e. The summed E-state index contributed by atoms with van der Waals surface area (Å²) in [5.41, 5.74) is 7.81. The smallest absolute Gasteiger partial charge is 0.0809 e. The zero-order chi connectivity index (χ0) is 35.2. The van der Waals surface area contributed by atoms with Crippen LogP contribution in [0.5, 0.6) is 0 Å². The standard InChI is InChI=1S/C45H44N5P/c1-43(31-49-37-19-22-40(46-25-37)34-13-7-4-8-14-34)28-44(2,32-50-38-20-23-41(47-26-38)35-15-9-5-10-16-35)30-45(3,29-43)33-51-39-21-24-42(48-27-39)36-17-11-6-12-18-36/h4-27,31-32,51H,28-30,33H2,1-3H3. The van der Waals surface area contributed by atoms with Crippen LogP contribution in [0.3, 0.4) is 0 Å². The Morgan fingerprint density at radius 2 is 0.922 bits per heavy atom. The Balaban J connectivity index is 1.12. The zero-order valence-electron chi connectivity index (χ0n) is 29.6. The Bertz CT molecular complexity index is 1970. The molecule has 0 spiro atoms. The van der Waals surface area contributed by atoms with E-state index in [9.17, 15) is 0 Å². The summed E-state index contributed by atoms with van der Waals surface area (Å²) in [5, 5.41) is 1.29. The summed E-state index contributed by atoms with van der Waals surface area (Å²) >= 11 is 0. The topological polar surface area (TPSA) is 63.4 Å². The highest BCUT2D eigenvalue weighted by Gasteiger charge is 2.47. The van der Waals surface area contributed by atoms with Gasteiger partial charge in [-0.05, 0) is 66.5 Å². The maximum absolute atomic E-state index is 5.03. The highest BCUT2D eigenvalue weighted by Crippen LogP contribution is 2.55. The summed E-state index contributed by atoms with van der Waals surface area (Å²) in [6.07, 6.45) is 14.3. The zero-order valence-corrected chi connectivity index (χ0v) is 30.6. The van der Waals surface area contributed by atoms with Gasteiger partial charge in [0.1, 0.15) is 0 Å². The second-order valence-corrected chi connectivity index (χ2v) is 16.1. The Hall–Kier alpha value is -5.12. The van der Waals surface area contributed by atoms with Gasteiger partial charge >= 0.3 is 0 Å². The molecule has 51 heavy (non-hydrogen) atoms. The SMILES string of the molecule is CC1(C=Nc2ccc(-c3ccccc3)nc2)CC(C)(C=Nc2ccc(-c3ccccc3)nc2)CC(C)(CPc2ccc(-c3ccccc3)nc2)C1. The lowest BCUT2D eigenvalue weighted by molar-refractivity contribution is 0.0862. The van der Waals surface area contributed by atoms with Crippen LogP contribution in [0.15, 0.2) is 156 Å². The third-order valence-corrected chi connectivity index (χ3v) is 11.4. The van der Waals surface area contributed by atoms with Gasteiger partial charge in [0.05, 0.1) is 40.9 Å². The van der Waals surface area contributed by atoms with Crippen molar-refractivity contribution in [1.29, 1.82) is 0 Å². The Morgan fingerprint density at radius 1 is 0.510 bits per heavy atom. The van der Waals surface area contributed by atoms with Gasteiger partial charge < -0.3 is 0 Å². The maximum Gasteiger partial charge on any atom is 0.0809 e. The molecule has 5 nitrogen and oxygen atoms in total. The molecule has 1 saturated carbocycles. The molecule has 0 amide bonds. The monoisotopic (exact) mass is 685 g/mol. The van der Waals surface area contributed by atoms with Gasteiger partial charge in [0, 0.05) is 46.1 Å².